The van der Waals surface area contributed by atoms with E-state index in [0.29, 0.717) is 5.76 Å². The largest absolute Gasteiger partial charge is 0.451 e. The number of carbonyl (C=O) groups is 1. The Morgan fingerprint density at radius 2 is 1.52 bits per heavy atom. The molecule has 0 radical (unpaired) electrons. The molecule has 1 heterocycles. The first kappa shape index (κ1) is 15.2. The van der Waals surface area contributed by atoms with Crippen molar-refractivity contribution < 1.29 is 9.21 Å². The van der Waals surface area contributed by atoms with Crippen LogP contribution in [0.25, 0.3) is 22.1 Å². The predicted molar refractivity (Wildman–Crippen MR) is 101 cm³/mol. The summed E-state index contributed by atoms with van der Waals surface area (Å²) in [6.45, 7) is 1.91. The van der Waals surface area contributed by atoms with E-state index in [0.717, 1.165) is 33.3 Å². The van der Waals surface area contributed by atoms with E-state index in [1.807, 2.05) is 85.8 Å². The smallest absolute Gasteiger partial charge is 0.291 e. The minimum Gasteiger partial charge on any atom is -0.451 e. The monoisotopic (exact) mass is 327 g/mol. The molecule has 0 unspecified atom stereocenters. The van der Waals surface area contributed by atoms with Crippen molar-refractivity contribution >= 4 is 22.6 Å². The molecule has 0 aliphatic rings. The second-order valence-electron chi connectivity index (χ2n) is 5.92. The van der Waals surface area contributed by atoms with Crippen LogP contribution in [0, 0.1) is 6.92 Å². The predicted octanol–water partition coefficient (Wildman–Crippen LogP) is 5.66. The molecule has 25 heavy (non-hydrogen) atoms. The molecular formula is C22H17NO2. The lowest BCUT2D eigenvalue weighted by Crippen LogP contribution is -2.12. The molecule has 3 aromatic carbocycles. The van der Waals surface area contributed by atoms with Crippen LogP contribution in [0.2, 0.25) is 0 Å². The molecular weight excluding hydrogens is 310 g/mol. The van der Waals surface area contributed by atoms with Crippen molar-refractivity contribution in [3.8, 4) is 11.1 Å². The first-order valence-corrected chi connectivity index (χ1v) is 8.18. The molecule has 4 rings (SSSR count). The molecule has 0 aliphatic carbocycles. The number of amides is 1. The van der Waals surface area contributed by atoms with Crippen LogP contribution in [-0.4, -0.2) is 5.91 Å². The molecule has 4 aromatic rings. The molecule has 1 N–H and O–H groups in total. The highest BCUT2D eigenvalue weighted by molar-refractivity contribution is 6.08. The summed E-state index contributed by atoms with van der Waals surface area (Å²) >= 11 is 0. The highest BCUT2D eigenvalue weighted by atomic mass is 16.3. The van der Waals surface area contributed by atoms with Gasteiger partial charge in [-0.3, -0.25) is 4.79 Å². The Hall–Kier alpha value is -3.33. The maximum Gasteiger partial charge on any atom is 0.291 e. The normalized spacial score (nSPS) is 10.8. The van der Waals surface area contributed by atoms with E-state index in [2.05, 4.69) is 5.32 Å². The molecule has 3 nitrogen and oxygen atoms in total. The highest BCUT2D eigenvalue weighted by Gasteiger charge is 2.18. The maximum absolute atomic E-state index is 12.8. The van der Waals surface area contributed by atoms with Crippen molar-refractivity contribution in [2.24, 2.45) is 0 Å². The average Bonchev–Trinajstić information content (AvgIpc) is 3.00. The van der Waals surface area contributed by atoms with Crippen LogP contribution >= 0.6 is 0 Å². The van der Waals surface area contributed by atoms with E-state index in [1.165, 1.54) is 0 Å². The molecule has 122 valence electrons. The summed E-state index contributed by atoms with van der Waals surface area (Å²) in [5.41, 5.74) is 4.37. The zero-order valence-corrected chi connectivity index (χ0v) is 13.8. The topological polar surface area (TPSA) is 42.2 Å². The summed E-state index contributed by atoms with van der Waals surface area (Å²) in [5, 5.41) is 3.96. The van der Waals surface area contributed by atoms with Gasteiger partial charge in [0.1, 0.15) is 5.58 Å². The van der Waals surface area contributed by atoms with Gasteiger partial charge in [-0.2, -0.15) is 0 Å². The quantitative estimate of drug-likeness (QED) is 0.527. The number of fused-ring (bicyclic) bond motifs is 1. The number of carbonyl (C=O) groups excluding carboxylic acids is 1. The number of hydrogen-bond donors (Lipinski definition) is 1. The number of hydrogen-bond acceptors (Lipinski definition) is 2. The van der Waals surface area contributed by atoms with Crippen LogP contribution in [-0.2, 0) is 0 Å². The summed E-state index contributed by atoms with van der Waals surface area (Å²) in [6, 6.07) is 25.4. The van der Waals surface area contributed by atoms with Crippen LogP contribution in [0.5, 0.6) is 0 Å². The van der Waals surface area contributed by atoms with Crippen molar-refractivity contribution in [3.05, 3.63) is 90.2 Å². The molecule has 0 spiro atoms. The van der Waals surface area contributed by atoms with Crippen LogP contribution in [0.1, 0.15) is 16.1 Å². The third kappa shape index (κ3) is 2.81. The number of furan rings is 1. The number of nitrogens with one attached hydrogen (secondary N) is 1. The van der Waals surface area contributed by atoms with E-state index < -0.39 is 0 Å². The van der Waals surface area contributed by atoms with E-state index in [1.54, 1.807) is 0 Å². The fraction of sp³-hybridized carbons (Fsp3) is 0.0455. The maximum atomic E-state index is 12.8. The van der Waals surface area contributed by atoms with Crippen molar-refractivity contribution in [3.63, 3.8) is 0 Å². The SMILES string of the molecule is Cc1c(C(=O)Nc2ccccc2-c2ccccc2)oc2ccccc12. The molecule has 3 heteroatoms. The minimum absolute atomic E-state index is 0.239. The van der Waals surface area contributed by atoms with Gasteiger partial charge in [0, 0.05) is 22.2 Å². The van der Waals surface area contributed by atoms with Gasteiger partial charge in [-0.05, 0) is 24.6 Å². The lowest BCUT2D eigenvalue weighted by molar-refractivity contribution is 0.0998. The molecule has 0 saturated carbocycles. The molecule has 0 saturated heterocycles. The molecule has 0 aliphatic heterocycles. The fourth-order valence-electron chi connectivity index (χ4n) is 3.03. The van der Waals surface area contributed by atoms with Crippen molar-refractivity contribution in [2.45, 2.75) is 6.92 Å². The number of rotatable bonds is 3. The molecule has 0 fully saturated rings. The molecule has 0 bridgehead atoms. The Kier molecular flexibility index (Phi) is 3.82. The Balaban J connectivity index is 1.71. The Bertz CT molecular complexity index is 1050. The number of para-hydroxylation sites is 2. The molecule has 1 amide bonds. The number of aryl methyl sites for hydroxylation is 1. The third-order valence-corrected chi connectivity index (χ3v) is 4.31. The first-order valence-electron chi connectivity index (χ1n) is 8.18. The first-order chi connectivity index (χ1) is 12.2. The second-order valence-corrected chi connectivity index (χ2v) is 5.92. The summed E-state index contributed by atoms with van der Waals surface area (Å²) in [7, 11) is 0. The second kappa shape index (κ2) is 6.29. The third-order valence-electron chi connectivity index (χ3n) is 4.31. The Labute approximate surface area is 145 Å². The van der Waals surface area contributed by atoms with Crippen molar-refractivity contribution in [1.82, 2.24) is 0 Å². The highest BCUT2D eigenvalue weighted by Crippen LogP contribution is 2.30. The van der Waals surface area contributed by atoms with Crippen LogP contribution in [0.15, 0.2) is 83.3 Å². The zero-order valence-electron chi connectivity index (χ0n) is 13.8. The van der Waals surface area contributed by atoms with Gasteiger partial charge in [-0.25, -0.2) is 0 Å². The van der Waals surface area contributed by atoms with Crippen LogP contribution < -0.4 is 5.32 Å². The summed E-state index contributed by atoms with van der Waals surface area (Å²) in [6.07, 6.45) is 0. The van der Waals surface area contributed by atoms with E-state index >= 15 is 0 Å². The standard InChI is InChI=1S/C22H17NO2/c1-15-17-11-6-8-14-20(17)25-21(15)22(24)23-19-13-7-5-12-18(19)16-9-3-2-4-10-16/h2-14H,1H3,(H,23,24). The van der Waals surface area contributed by atoms with Gasteiger partial charge < -0.3 is 9.73 Å². The Morgan fingerprint density at radius 1 is 0.840 bits per heavy atom. The lowest BCUT2D eigenvalue weighted by Gasteiger charge is -2.10. The molecule has 1 aromatic heterocycles. The average molecular weight is 327 g/mol. The van der Waals surface area contributed by atoms with Crippen molar-refractivity contribution in [2.75, 3.05) is 5.32 Å². The zero-order chi connectivity index (χ0) is 17.2. The van der Waals surface area contributed by atoms with Crippen LogP contribution in [0.4, 0.5) is 5.69 Å². The fourth-order valence-corrected chi connectivity index (χ4v) is 3.03. The van der Waals surface area contributed by atoms with Gasteiger partial charge in [-0.1, -0.05) is 66.7 Å². The number of benzene rings is 3. The van der Waals surface area contributed by atoms with Crippen LogP contribution in [0.3, 0.4) is 0 Å². The van der Waals surface area contributed by atoms with Gasteiger partial charge in [0.15, 0.2) is 5.76 Å². The summed E-state index contributed by atoms with van der Waals surface area (Å²) in [5.74, 6) is 0.112. The van der Waals surface area contributed by atoms with Crippen molar-refractivity contribution in [1.29, 1.82) is 0 Å². The summed E-state index contributed by atoms with van der Waals surface area (Å²) < 4.78 is 5.77. The lowest BCUT2D eigenvalue weighted by atomic mass is 10.0. The van der Waals surface area contributed by atoms with Gasteiger partial charge in [-0.15, -0.1) is 0 Å². The molecule has 0 atom stereocenters. The van der Waals surface area contributed by atoms with E-state index in [9.17, 15) is 4.79 Å². The van der Waals surface area contributed by atoms with E-state index in [-0.39, 0.29) is 5.91 Å². The van der Waals surface area contributed by atoms with E-state index in [4.69, 9.17) is 4.42 Å². The minimum atomic E-state index is -0.239. The number of anilines is 1. The van der Waals surface area contributed by atoms with Gasteiger partial charge >= 0.3 is 0 Å². The van der Waals surface area contributed by atoms with Gasteiger partial charge in [0.05, 0.1) is 0 Å². The summed E-state index contributed by atoms with van der Waals surface area (Å²) in [4.78, 5) is 12.8. The Morgan fingerprint density at radius 3 is 2.32 bits per heavy atom. The van der Waals surface area contributed by atoms with Gasteiger partial charge in [0.2, 0.25) is 0 Å². The van der Waals surface area contributed by atoms with Gasteiger partial charge in [0.25, 0.3) is 5.91 Å².